The van der Waals surface area contributed by atoms with Crippen LogP contribution in [-0.2, 0) is 4.79 Å². The van der Waals surface area contributed by atoms with Crippen LogP contribution in [0.25, 0.3) is 0 Å². The van der Waals surface area contributed by atoms with E-state index in [0.29, 0.717) is 16.5 Å². The zero-order chi connectivity index (χ0) is 20.4. The minimum atomic E-state index is -0.206. The van der Waals surface area contributed by atoms with E-state index in [2.05, 4.69) is 36.5 Å². The maximum Gasteiger partial charge on any atom is 0.150 e. The Balaban J connectivity index is 1.65. The highest BCUT2D eigenvalue weighted by Crippen LogP contribution is 2.40. The van der Waals surface area contributed by atoms with Crippen molar-refractivity contribution in [3.05, 3.63) is 99.5 Å². The molecule has 1 saturated heterocycles. The molecule has 0 aliphatic carbocycles. The molecule has 1 aliphatic rings. The lowest BCUT2D eigenvalue weighted by atomic mass is 9.89. The summed E-state index contributed by atoms with van der Waals surface area (Å²) < 4.78 is 0. The molecule has 1 fully saturated rings. The zero-order valence-corrected chi connectivity index (χ0v) is 18.3. The molecule has 1 aliphatic heterocycles. The predicted octanol–water partition coefficient (Wildman–Crippen LogP) is 6.81. The molecule has 1 N–H and O–H groups in total. The minimum Gasteiger partial charge on any atom is -0.301 e. The van der Waals surface area contributed by atoms with E-state index in [9.17, 15) is 4.79 Å². The maximum atomic E-state index is 13.3. The Morgan fingerprint density at radius 2 is 1.38 bits per heavy atom. The van der Waals surface area contributed by atoms with Gasteiger partial charge >= 0.3 is 0 Å². The SMILES string of the molecule is Cc1ccc(SC2C(=O)CC(c3ccc(Cl)cc3)NC2c2ccc(Cl)cc2)cc1. The van der Waals surface area contributed by atoms with Gasteiger partial charge in [-0.05, 0) is 54.4 Å². The number of rotatable bonds is 4. The van der Waals surface area contributed by atoms with Gasteiger partial charge in [-0.3, -0.25) is 4.79 Å². The molecule has 0 bridgehead atoms. The Kier molecular flexibility index (Phi) is 6.31. The fourth-order valence-electron chi connectivity index (χ4n) is 3.61. The van der Waals surface area contributed by atoms with Gasteiger partial charge in [0, 0.05) is 27.4 Å². The van der Waals surface area contributed by atoms with Crippen molar-refractivity contribution in [1.29, 1.82) is 0 Å². The van der Waals surface area contributed by atoms with Crippen LogP contribution >= 0.6 is 35.0 Å². The summed E-state index contributed by atoms with van der Waals surface area (Å²) >= 11 is 13.8. The Morgan fingerprint density at radius 3 is 1.97 bits per heavy atom. The van der Waals surface area contributed by atoms with E-state index < -0.39 is 0 Å². The van der Waals surface area contributed by atoms with Crippen LogP contribution in [0.2, 0.25) is 10.0 Å². The fraction of sp³-hybridized carbons (Fsp3) is 0.208. The minimum absolute atomic E-state index is 0.0460. The average Bonchev–Trinajstić information content (AvgIpc) is 2.72. The summed E-state index contributed by atoms with van der Waals surface area (Å²) in [6.07, 6.45) is 0.454. The third-order valence-electron chi connectivity index (χ3n) is 5.19. The van der Waals surface area contributed by atoms with Crippen LogP contribution < -0.4 is 5.32 Å². The van der Waals surface area contributed by atoms with E-state index in [0.717, 1.165) is 16.0 Å². The molecule has 1 heterocycles. The van der Waals surface area contributed by atoms with Gasteiger partial charge in [0.2, 0.25) is 0 Å². The smallest absolute Gasteiger partial charge is 0.150 e. The van der Waals surface area contributed by atoms with Crippen molar-refractivity contribution >= 4 is 40.7 Å². The largest absolute Gasteiger partial charge is 0.301 e. The number of nitrogens with one attached hydrogen (secondary N) is 1. The number of ketones is 1. The number of aryl methyl sites for hydroxylation is 1. The van der Waals surface area contributed by atoms with E-state index in [1.807, 2.05) is 48.5 Å². The van der Waals surface area contributed by atoms with Gasteiger partial charge < -0.3 is 5.32 Å². The summed E-state index contributed by atoms with van der Waals surface area (Å²) in [5, 5.41) is 4.88. The number of hydrogen-bond donors (Lipinski definition) is 1. The average molecular weight is 442 g/mol. The molecule has 3 atom stereocenters. The van der Waals surface area contributed by atoms with Crippen LogP contribution in [0.4, 0.5) is 0 Å². The lowest BCUT2D eigenvalue weighted by Gasteiger charge is -2.37. The summed E-state index contributed by atoms with van der Waals surface area (Å²) in [7, 11) is 0. The highest BCUT2D eigenvalue weighted by molar-refractivity contribution is 8.00. The van der Waals surface area contributed by atoms with Gasteiger partial charge in [-0.25, -0.2) is 0 Å². The number of piperidine rings is 1. The van der Waals surface area contributed by atoms with Gasteiger partial charge in [0.25, 0.3) is 0 Å². The monoisotopic (exact) mass is 441 g/mol. The topological polar surface area (TPSA) is 29.1 Å². The van der Waals surface area contributed by atoms with Crippen molar-refractivity contribution in [2.45, 2.75) is 35.6 Å². The molecule has 0 amide bonds. The molecule has 3 aromatic carbocycles. The number of Topliss-reactive ketones (excluding diaryl/α,β-unsaturated/α-hetero) is 1. The van der Waals surface area contributed by atoms with Crippen LogP contribution in [0.15, 0.2) is 77.7 Å². The second-order valence-electron chi connectivity index (χ2n) is 7.32. The van der Waals surface area contributed by atoms with E-state index in [-0.39, 0.29) is 23.1 Å². The van der Waals surface area contributed by atoms with E-state index in [1.165, 1.54) is 5.56 Å². The highest BCUT2D eigenvalue weighted by atomic mass is 35.5. The molecule has 0 aromatic heterocycles. The summed E-state index contributed by atoms with van der Waals surface area (Å²) in [6.45, 7) is 2.06. The molecular weight excluding hydrogens is 421 g/mol. The Morgan fingerprint density at radius 1 is 0.828 bits per heavy atom. The third kappa shape index (κ3) is 4.87. The Labute approximate surface area is 185 Å². The van der Waals surface area contributed by atoms with E-state index in [4.69, 9.17) is 23.2 Å². The van der Waals surface area contributed by atoms with Crippen molar-refractivity contribution in [2.75, 3.05) is 0 Å². The molecule has 2 nitrogen and oxygen atoms in total. The number of benzene rings is 3. The first-order valence-electron chi connectivity index (χ1n) is 9.52. The zero-order valence-electron chi connectivity index (χ0n) is 15.9. The Hall–Kier alpha value is -1.78. The number of halogens is 2. The summed E-state index contributed by atoms with van der Waals surface area (Å²) in [4.78, 5) is 14.4. The van der Waals surface area contributed by atoms with E-state index >= 15 is 0 Å². The first-order chi connectivity index (χ1) is 14.0. The lowest BCUT2D eigenvalue weighted by molar-refractivity contribution is -0.121. The molecule has 0 saturated carbocycles. The Bertz CT molecular complexity index is 987. The summed E-state index contributed by atoms with van der Waals surface area (Å²) in [5.41, 5.74) is 3.34. The number of carbonyl (C=O) groups excluding carboxylic acids is 1. The third-order valence-corrected chi connectivity index (χ3v) is 7.03. The first-order valence-corrected chi connectivity index (χ1v) is 11.2. The second kappa shape index (κ2) is 8.93. The molecular formula is C24H21Cl2NOS. The van der Waals surface area contributed by atoms with Gasteiger partial charge in [0.15, 0.2) is 0 Å². The van der Waals surface area contributed by atoms with Gasteiger partial charge in [-0.1, -0.05) is 65.2 Å². The van der Waals surface area contributed by atoms with Crippen molar-refractivity contribution in [3.8, 4) is 0 Å². The van der Waals surface area contributed by atoms with Gasteiger partial charge in [0.05, 0.1) is 11.3 Å². The quantitative estimate of drug-likeness (QED) is 0.481. The summed E-state index contributed by atoms with van der Waals surface area (Å²) in [6, 6.07) is 23.6. The number of carbonyl (C=O) groups is 1. The van der Waals surface area contributed by atoms with Crippen molar-refractivity contribution in [2.24, 2.45) is 0 Å². The normalized spacial score (nSPS) is 21.9. The molecule has 3 unspecified atom stereocenters. The first kappa shape index (κ1) is 20.5. The molecule has 5 heteroatoms. The maximum absolute atomic E-state index is 13.3. The molecule has 4 rings (SSSR count). The van der Waals surface area contributed by atoms with Crippen LogP contribution in [0.5, 0.6) is 0 Å². The predicted molar refractivity (Wildman–Crippen MR) is 122 cm³/mol. The number of hydrogen-bond acceptors (Lipinski definition) is 3. The van der Waals surface area contributed by atoms with Crippen LogP contribution in [0.1, 0.15) is 35.2 Å². The standard InChI is InChI=1S/C24H21Cl2NOS/c1-15-2-12-20(13-3-15)29-24-22(28)14-21(16-4-8-18(25)9-5-16)27-23(24)17-6-10-19(26)11-7-17/h2-13,21,23-24,27H,14H2,1H3. The van der Waals surface area contributed by atoms with Crippen molar-refractivity contribution < 1.29 is 4.79 Å². The van der Waals surface area contributed by atoms with Crippen LogP contribution in [0.3, 0.4) is 0 Å². The van der Waals surface area contributed by atoms with Crippen LogP contribution in [-0.4, -0.2) is 11.0 Å². The second-order valence-corrected chi connectivity index (χ2v) is 9.41. The van der Waals surface area contributed by atoms with Crippen molar-refractivity contribution in [3.63, 3.8) is 0 Å². The van der Waals surface area contributed by atoms with Gasteiger partial charge in [-0.15, -0.1) is 11.8 Å². The van der Waals surface area contributed by atoms with Gasteiger partial charge in [0.1, 0.15) is 5.78 Å². The lowest BCUT2D eigenvalue weighted by Crippen LogP contribution is -2.44. The molecule has 0 radical (unpaired) electrons. The van der Waals surface area contributed by atoms with Crippen LogP contribution in [0, 0.1) is 6.92 Å². The molecule has 3 aromatic rings. The fourth-order valence-corrected chi connectivity index (χ4v) is 5.05. The van der Waals surface area contributed by atoms with E-state index in [1.54, 1.807) is 11.8 Å². The molecule has 29 heavy (non-hydrogen) atoms. The molecule has 0 spiro atoms. The highest BCUT2D eigenvalue weighted by Gasteiger charge is 2.38. The van der Waals surface area contributed by atoms with Crippen molar-refractivity contribution in [1.82, 2.24) is 5.32 Å². The summed E-state index contributed by atoms with van der Waals surface area (Å²) in [5.74, 6) is 0.245. The molecule has 148 valence electrons. The van der Waals surface area contributed by atoms with Gasteiger partial charge in [-0.2, -0.15) is 0 Å². The number of thioether (sulfide) groups is 1.